The number of nitrogens with one attached hydrogen (secondary N) is 1. The predicted molar refractivity (Wildman–Crippen MR) is 87.8 cm³/mol. The predicted octanol–water partition coefficient (Wildman–Crippen LogP) is 1.62. The van der Waals surface area contributed by atoms with E-state index >= 15 is 0 Å². The molecule has 0 aliphatic carbocycles. The number of benzene rings is 1. The molecule has 1 heterocycles. The first-order valence-electron chi connectivity index (χ1n) is 7.99. The molecule has 23 heavy (non-hydrogen) atoms. The zero-order chi connectivity index (χ0) is 16.9. The molecule has 1 aliphatic rings. The van der Waals surface area contributed by atoms with Gasteiger partial charge in [0, 0.05) is 19.6 Å². The maximum absolute atomic E-state index is 12.7. The van der Waals surface area contributed by atoms with E-state index in [9.17, 15) is 13.2 Å². The fourth-order valence-corrected chi connectivity index (χ4v) is 4.24. The molecule has 7 heteroatoms. The van der Waals surface area contributed by atoms with Gasteiger partial charge in [-0.25, -0.2) is 8.42 Å². The molecule has 0 aromatic heterocycles. The lowest BCUT2D eigenvalue weighted by molar-refractivity contribution is -0.125. The van der Waals surface area contributed by atoms with Crippen molar-refractivity contribution in [3.63, 3.8) is 0 Å². The normalized spacial score (nSPS) is 19.3. The Morgan fingerprint density at radius 2 is 2.00 bits per heavy atom. The van der Waals surface area contributed by atoms with Crippen LogP contribution in [0.5, 0.6) is 5.75 Å². The average Bonchev–Trinajstić information content (AvgIpc) is 2.56. The number of hydrogen-bond donors (Lipinski definition) is 1. The Morgan fingerprint density at radius 1 is 1.30 bits per heavy atom. The second kappa shape index (κ2) is 7.79. The van der Waals surface area contributed by atoms with Crippen LogP contribution < -0.4 is 10.1 Å². The molecule has 0 unspecified atom stereocenters. The minimum atomic E-state index is -3.58. The highest BCUT2D eigenvalue weighted by atomic mass is 32.2. The van der Waals surface area contributed by atoms with Gasteiger partial charge < -0.3 is 10.1 Å². The third kappa shape index (κ3) is 4.23. The van der Waals surface area contributed by atoms with Crippen LogP contribution in [0.25, 0.3) is 0 Å². The van der Waals surface area contributed by atoms with E-state index in [2.05, 4.69) is 5.32 Å². The summed E-state index contributed by atoms with van der Waals surface area (Å²) < 4.78 is 32.2. The highest BCUT2D eigenvalue weighted by molar-refractivity contribution is 7.89. The molecule has 1 aromatic rings. The van der Waals surface area contributed by atoms with Gasteiger partial charge in [-0.2, -0.15) is 4.31 Å². The van der Waals surface area contributed by atoms with Crippen molar-refractivity contribution < 1.29 is 17.9 Å². The first-order valence-corrected chi connectivity index (χ1v) is 9.43. The zero-order valence-corrected chi connectivity index (χ0v) is 14.4. The molecule has 1 amide bonds. The second-order valence-electron chi connectivity index (χ2n) is 5.50. The molecular formula is C16H24N2O4S. The number of nitrogens with zero attached hydrogens (tertiary/aromatic N) is 1. The number of carbonyl (C=O) groups is 1. The lowest BCUT2D eigenvalue weighted by Crippen LogP contribution is -2.45. The molecular weight excluding hydrogens is 316 g/mol. The summed E-state index contributed by atoms with van der Waals surface area (Å²) in [4.78, 5) is 12.2. The Morgan fingerprint density at radius 3 is 2.61 bits per heavy atom. The van der Waals surface area contributed by atoms with E-state index < -0.39 is 10.0 Å². The molecule has 6 nitrogen and oxygen atoms in total. The standard InChI is InChI=1S/C16H24N2O4S/c1-3-17-16(19)13-6-5-11-18(12-13)23(20,21)15-9-7-14(8-10-15)22-4-2/h7-10,13H,3-6,11-12H2,1-2H3,(H,17,19)/t13-/m0/s1. The fourth-order valence-electron chi connectivity index (χ4n) is 2.72. The van der Waals surface area contributed by atoms with E-state index in [-0.39, 0.29) is 23.3 Å². The highest BCUT2D eigenvalue weighted by Gasteiger charge is 2.33. The third-order valence-electron chi connectivity index (χ3n) is 3.88. The van der Waals surface area contributed by atoms with Crippen LogP contribution in [0.15, 0.2) is 29.2 Å². The van der Waals surface area contributed by atoms with Gasteiger partial charge in [0.1, 0.15) is 5.75 Å². The number of amides is 1. The largest absolute Gasteiger partial charge is 0.494 e. The lowest BCUT2D eigenvalue weighted by Gasteiger charge is -2.31. The third-order valence-corrected chi connectivity index (χ3v) is 5.76. The van der Waals surface area contributed by atoms with E-state index in [1.807, 2.05) is 13.8 Å². The van der Waals surface area contributed by atoms with Gasteiger partial charge in [0.15, 0.2) is 0 Å². The van der Waals surface area contributed by atoms with E-state index in [1.54, 1.807) is 24.3 Å². The lowest BCUT2D eigenvalue weighted by atomic mass is 9.99. The Labute approximate surface area is 137 Å². The van der Waals surface area contributed by atoms with Crippen molar-refractivity contribution in [1.29, 1.82) is 0 Å². The van der Waals surface area contributed by atoms with E-state index in [1.165, 1.54) is 4.31 Å². The number of ether oxygens (including phenoxy) is 1. The van der Waals surface area contributed by atoms with E-state index in [0.29, 0.717) is 31.9 Å². The minimum absolute atomic E-state index is 0.0703. The monoisotopic (exact) mass is 340 g/mol. The fraction of sp³-hybridized carbons (Fsp3) is 0.562. The first-order chi connectivity index (χ1) is 11.0. The minimum Gasteiger partial charge on any atom is -0.494 e. The molecule has 1 aliphatic heterocycles. The van der Waals surface area contributed by atoms with E-state index in [0.717, 1.165) is 6.42 Å². The average molecular weight is 340 g/mol. The van der Waals surface area contributed by atoms with Crippen LogP contribution in [0, 0.1) is 5.92 Å². The zero-order valence-electron chi connectivity index (χ0n) is 13.6. The molecule has 1 fully saturated rings. The molecule has 2 rings (SSSR count). The Balaban J connectivity index is 2.13. The van der Waals surface area contributed by atoms with Crippen LogP contribution in [0.3, 0.4) is 0 Å². The van der Waals surface area contributed by atoms with Gasteiger partial charge in [-0.05, 0) is 51.0 Å². The number of rotatable bonds is 6. The molecule has 128 valence electrons. The van der Waals surface area contributed by atoms with Crippen molar-refractivity contribution in [3.05, 3.63) is 24.3 Å². The van der Waals surface area contributed by atoms with Crippen molar-refractivity contribution in [2.24, 2.45) is 5.92 Å². The molecule has 1 saturated heterocycles. The molecule has 1 N–H and O–H groups in total. The SMILES string of the molecule is CCNC(=O)[C@H]1CCCN(S(=O)(=O)c2ccc(OCC)cc2)C1. The van der Waals surface area contributed by atoms with Crippen molar-refractivity contribution in [2.45, 2.75) is 31.6 Å². The molecule has 1 aromatic carbocycles. The number of hydrogen-bond acceptors (Lipinski definition) is 4. The summed E-state index contributed by atoms with van der Waals surface area (Å²) in [6, 6.07) is 6.41. The first kappa shape index (κ1) is 17.7. The summed E-state index contributed by atoms with van der Waals surface area (Å²) in [6.45, 7) is 5.51. The van der Waals surface area contributed by atoms with Crippen molar-refractivity contribution in [3.8, 4) is 5.75 Å². The van der Waals surface area contributed by atoms with Crippen molar-refractivity contribution in [2.75, 3.05) is 26.2 Å². The molecule has 0 radical (unpaired) electrons. The Hall–Kier alpha value is -1.60. The van der Waals surface area contributed by atoms with Gasteiger partial charge in [-0.15, -0.1) is 0 Å². The van der Waals surface area contributed by atoms with Crippen LogP contribution in [-0.2, 0) is 14.8 Å². The van der Waals surface area contributed by atoms with Gasteiger partial charge in [-0.3, -0.25) is 4.79 Å². The maximum Gasteiger partial charge on any atom is 0.243 e. The van der Waals surface area contributed by atoms with Crippen LogP contribution in [0.2, 0.25) is 0 Å². The van der Waals surface area contributed by atoms with Gasteiger partial charge in [0.2, 0.25) is 15.9 Å². The highest BCUT2D eigenvalue weighted by Crippen LogP contribution is 2.25. The van der Waals surface area contributed by atoms with E-state index in [4.69, 9.17) is 4.74 Å². The molecule has 0 spiro atoms. The summed E-state index contributed by atoms with van der Waals surface area (Å²) in [5, 5.41) is 2.77. The Kier molecular flexibility index (Phi) is 6.01. The molecule has 0 bridgehead atoms. The van der Waals surface area contributed by atoms with Gasteiger partial charge in [0.25, 0.3) is 0 Å². The molecule has 0 saturated carbocycles. The summed E-state index contributed by atoms with van der Waals surface area (Å²) in [6.07, 6.45) is 1.42. The Bertz CT molecular complexity index is 628. The smallest absolute Gasteiger partial charge is 0.243 e. The van der Waals surface area contributed by atoms with Gasteiger partial charge >= 0.3 is 0 Å². The summed E-state index contributed by atoms with van der Waals surface area (Å²) in [5.41, 5.74) is 0. The summed E-state index contributed by atoms with van der Waals surface area (Å²) >= 11 is 0. The number of carbonyl (C=O) groups excluding carboxylic acids is 1. The van der Waals surface area contributed by atoms with Crippen LogP contribution in [0.1, 0.15) is 26.7 Å². The quantitative estimate of drug-likeness (QED) is 0.854. The number of piperidine rings is 1. The molecule has 1 atom stereocenters. The van der Waals surface area contributed by atoms with Crippen LogP contribution >= 0.6 is 0 Å². The van der Waals surface area contributed by atoms with Gasteiger partial charge in [0.05, 0.1) is 17.4 Å². The van der Waals surface area contributed by atoms with Crippen LogP contribution in [-0.4, -0.2) is 44.9 Å². The van der Waals surface area contributed by atoms with Crippen molar-refractivity contribution in [1.82, 2.24) is 9.62 Å². The van der Waals surface area contributed by atoms with Crippen LogP contribution in [0.4, 0.5) is 0 Å². The van der Waals surface area contributed by atoms with Gasteiger partial charge in [-0.1, -0.05) is 0 Å². The van der Waals surface area contributed by atoms with Crippen molar-refractivity contribution >= 4 is 15.9 Å². The second-order valence-corrected chi connectivity index (χ2v) is 7.44. The summed E-state index contributed by atoms with van der Waals surface area (Å²) in [5.74, 6) is 0.297. The topological polar surface area (TPSA) is 75.7 Å². The maximum atomic E-state index is 12.7. The summed E-state index contributed by atoms with van der Waals surface area (Å²) in [7, 11) is -3.58. The number of sulfonamides is 1.